The summed E-state index contributed by atoms with van der Waals surface area (Å²) in [7, 11) is 1.70. The van der Waals surface area contributed by atoms with Crippen molar-refractivity contribution in [1.82, 2.24) is 14.7 Å². The van der Waals surface area contributed by atoms with Crippen molar-refractivity contribution in [3.05, 3.63) is 29.3 Å². The first kappa shape index (κ1) is 29.7. The first-order chi connectivity index (χ1) is 18.2. The average molecular weight is 561 g/mol. The van der Waals surface area contributed by atoms with Gasteiger partial charge in [-0.1, -0.05) is 38.4 Å². The third-order valence-electron chi connectivity index (χ3n) is 8.95. The smallest absolute Gasteiger partial charge is 0.312 e. The SMILES string of the molecule is CN(C(=O)C(C)(C)C)C(C)(C)C(=O)N1CCC2(CC1)C[C@H](CCN1CCN(c3cccc(Cl)c3)CC1)OC2=O. The molecule has 0 saturated carbocycles. The Morgan fingerprint density at radius 2 is 1.69 bits per heavy atom. The fourth-order valence-electron chi connectivity index (χ4n) is 6.06. The second-order valence-corrected chi connectivity index (χ2v) is 13.5. The maximum absolute atomic E-state index is 13.5. The number of likely N-dealkylation sites (N-methyl/N-ethyl adjacent to an activating group) is 1. The van der Waals surface area contributed by atoms with E-state index in [9.17, 15) is 14.4 Å². The van der Waals surface area contributed by atoms with E-state index >= 15 is 0 Å². The third-order valence-corrected chi connectivity index (χ3v) is 9.19. The lowest BCUT2D eigenvalue weighted by atomic mass is 9.75. The van der Waals surface area contributed by atoms with E-state index in [4.69, 9.17) is 16.3 Å². The summed E-state index contributed by atoms with van der Waals surface area (Å²) in [5, 5.41) is 0.758. The summed E-state index contributed by atoms with van der Waals surface area (Å²) in [5.74, 6) is -0.246. The van der Waals surface area contributed by atoms with E-state index in [1.165, 1.54) is 0 Å². The molecule has 3 saturated heterocycles. The predicted molar refractivity (Wildman–Crippen MR) is 154 cm³/mol. The zero-order valence-corrected chi connectivity index (χ0v) is 25.2. The van der Waals surface area contributed by atoms with Gasteiger partial charge in [-0.25, -0.2) is 0 Å². The van der Waals surface area contributed by atoms with Crippen molar-refractivity contribution in [3.8, 4) is 0 Å². The zero-order chi connectivity index (χ0) is 28.6. The Morgan fingerprint density at radius 3 is 2.28 bits per heavy atom. The molecular weight excluding hydrogens is 516 g/mol. The lowest BCUT2D eigenvalue weighted by Crippen LogP contribution is -2.60. The number of carbonyl (C=O) groups excluding carboxylic acids is 3. The maximum atomic E-state index is 13.5. The zero-order valence-electron chi connectivity index (χ0n) is 24.5. The van der Waals surface area contributed by atoms with Gasteiger partial charge in [0.05, 0.1) is 5.41 Å². The molecule has 216 valence electrons. The van der Waals surface area contributed by atoms with Crippen molar-refractivity contribution >= 4 is 35.1 Å². The highest BCUT2D eigenvalue weighted by Gasteiger charge is 2.52. The summed E-state index contributed by atoms with van der Waals surface area (Å²) in [6.45, 7) is 15.0. The number of hydrogen-bond acceptors (Lipinski definition) is 6. The molecule has 2 amide bonds. The van der Waals surface area contributed by atoms with E-state index < -0.39 is 16.4 Å². The summed E-state index contributed by atoms with van der Waals surface area (Å²) in [4.78, 5) is 47.5. The van der Waals surface area contributed by atoms with Gasteiger partial charge in [-0.3, -0.25) is 19.3 Å². The van der Waals surface area contributed by atoms with Crippen LogP contribution in [0.2, 0.25) is 5.02 Å². The number of nitrogens with zero attached hydrogens (tertiary/aromatic N) is 4. The van der Waals surface area contributed by atoms with Crippen LogP contribution >= 0.6 is 11.6 Å². The number of piperidine rings is 1. The van der Waals surface area contributed by atoms with Gasteiger partial charge >= 0.3 is 5.97 Å². The van der Waals surface area contributed by atoms with Gasteiger partial charge in [0, 0.05) is 75.4 Å². The van der Waals surface area contributed by atoms with Gasteiger partial charge in [0.2, 0.25) is 11.8 Å². The minimum absolute atomic E-state index is 0.0672. The van der Waals surface area contributed by atoms with E-state index in [0.29, 0.717) is 25.9 Å². The van der Waals surface area contributed by atoms with Crippen LogP contribution in [-0.2, 0) is 19.1 Å². The first-order valence-corrected chi connectivity index (χ1v) is 14.6. The van der Waals surface area contributed by atoms with E-state index in [0.717, 1.165) is 56.3 Å². The summed E-state index contributed by atoms with van der Waals surface area (Å²) in [6.07, 6.45) is 2.71. The Bertz CT molecular complexity index is 1070. The van der Waals surface area contributed by atoms with Crippen molar-refractivity contribution in [1.29, 1.82) is 0 Å². The molecule has 39 heavy (non-hydrogen) atoms. The fraction of sp³-hybridized carbons (Fsp3) is 0.700. The summed E-state index contributed by atoms with van der Waals surface area (Å²) >= 11 is 6.16. The van der Waals surface area contributed by atoms with E-state index in [-0.39, 0.29) is 23.9 Å². The summed E-state index contributed by atoms with van der Waals surface area (Å²) in [5.41, 5.74) is -0.853. The van der Waals surface area contributed by atoms with Crippen LogP contribution in [0.3, 0.4) is 0 Å². The second kappa shape index (κ2) is 11.3. The molecule has 0 bridgehead atoms. The van der Waals surface area contributed by atoms with Gasteiger partial charge in [-0.2, -0.15) is 0 Å². The molecule has 3 aliphatic heterocycles. The Labute approximate surface area is 238 Å². The van der Waals surface area contributed by atoms with Gasteiger partial charge in [-0.05, 0) is 51.3 Å². The van der Waals surface area contributed by atoms with E-state index in [2.05, 4.69) is 15.9 Å². The van der Waals surface area contributed by atoms with Crippen LogP contribution in [0.1, 0.15) is 60.3 Å². The molecule has 8 nitrogen and oxygen atoms in total. The predicted octanol–water partition coefficient (Wildman–Crippen LogP) is 4.06. The van der Waals surface area contributed by atoms with Gasteiger partial charge in [0.1, 0.15) is 11.6 Å². The number of halogens is 1. The van der Waals surface area contributed by atoms with Gasteiger partial charge in [0.15, 0.2) is 0 Å². The number of hydrogen-bond donors (Lipinski definition) is 0. The van der Waals surface area contributed by atoms with Crippen molar-refractivity contribution in [2.75, 3.05) is 57.8 Å². The van der Waals surface area contributed by atoms with Gasteiger partial charge < -0.3 is 19.4 Å². The number of cyclic esters (lactones) is 1. The Morgan fingerprint density at radius 1 is 1.05 bits per heavy atom. The molecule has 1 spiro atoms. The number of anilines is 1. The minimum atomic E-state index is -0.954. The summed E-state index contributed by atoms with van der Waals surface area (Å²) < 4.78 is 5.87. The number of piperazine rings is 1. The van der Waals surface area contributed by atoms with Crippen LogP contribution in [0, 0.1) is 10.8 Å². The molecule has 4 rings (SSSR count). The molecule has 0 radical (unpaired) electrons. The Hall–Kier alpha value is -2.32. The molecule has 3 aliphatic rings. The van der Waals surface area contributed by atoms with Crippen LogP contribution in [0.15, 0.2) is 24.3 Å². The highest BCUT2D eigenvalue weighted by molar-refractivity contribution is 6.30. The fourth-order valence-corrected chi connectivity index (χ4v) is 6.25. The number of amides is 2. The lowest BCUT2D eigenvalue weighted by Gasteiger charge is -2.44. The molecule has 0 aromatic heterocycles. The Balaban J connectivity index is 1.25. The monoisotopic (exact) mass is 560 g/mol. The van der Waals surface area contributed by atoms with Crippen LogP contribution < -0.4 is 4.90 Å². The van der Waals surface area contributed by atoms with Crippen molar-refractivity contribution in [3.63, 3.8) is 0 Å². The van der Waals surface area contributed by atoms with Crippen molar-refractivity contribution in [2.24, 2.45) is 10.8 Å². The number of esters is 1. The number of carbonyl (C=O) groups is 3. The molecule has 0 N–H and O–H groups in total. The van der Waals surface area contributed by atoms with Crippen LogP contribution in [0.25, 0.3) is 0 Å². The highest BCUT2D eigenvalue weighted by atomic mass is 35.5. The van der Waals surface area contributed by atoms with E-state index in [1.807, 2.05) is 43.9 Å². The molecule has 1 atom stereocenters. The number of rotatable bonds is 6. The molecule has 1 aromatic carbocycles. The highest BCUT2D eigenvalue weighted by Crippen LogP contribution is 2.44. The molecular formula is C30H45ClN4O4. The van der Waals surface area contributed by atoms with Gasteiger partial charge in [-0.15, -0.1) is 0 Å². The molecule has 1 aromatic rings. The third kappa shape index (κ3) is 6.37. The Kier molecular flexibility index (Phi) is 8.58. The number of benzene rings is 1. The standard InChI is InChI=1S/C30H45ClN4O4/c1-28(2,3)25(36)32(6)29(4,5)26(37)35-14-11-30(12-15-35)21-24(39-27(30)38)10-13-33-16-18-34(19-17-33)23-9-7-8-22(31)20-23/h7-9,20,24H,10-19,21H2,1-6H3/t24-/m0/s1. The normalized spacial score (nSPS) is 22.2. The second-order valence-electron chi connectivity index (χ2n) is 13.1. The van der Waals surface area contributed by atoms with Crippen LogP contribution in [-0.4, -0.2) is 97.0 Å². The molecule has 3 heterocycles. The largest absolute Gasteiger partial charge is 0.462 e. The topological polar surface area (TPSA) is 73.4 Å². The van der Waals surface area contributed by atoms with E-state index in [1.54, 1.807) is 25.8 Å². The molecule has 0 aliphatic carbocycles. The number of ether oxygens (including phenoxy) is 1. The minimum Gasteiger partial charge on any atom is -0.462 e. The summed E-state index contributed by atoms with van der Waals surface area (Å²) in [6, 6.07) is 8.00. The van der Waals surface area contributed by atoms with Crippen LogP contribution in [0.4, 0.5) is 5.69 Å². The first-order valence-electron chi connectivity index (χ1n) is 14.2. The molecule has 0 unspecified atom stereocenters. The quantitative estimate of drug-likeness (QED) is 0.489. The van der Waals surface area contributed by atoms with Gasteiger partial charge in [0.25, 0.3) is 0 Å². The van der Waals surface area contributed by atoms with Crippen LogP contribution in [0.5, 0.6) is 0 Å². The van der Waals surface area contributed by atoms with Crippen molar-refractivity contribution in [2.45, 2.75) is 71.9 Å². The maximum Gasteiger partial charge on any atom is 0.312 e. The molecule has 3 fully saturated rings. The lowest BCUT2D eigenvalue weighted by molar-refractivity contribution is -0.158. The average Bonchev–Trinajstić information content (AvgIpc) is 3.20. The number of likely N-dealkylation sites (tertiary alicyclic amines) is 1. The molecule has 9 heteroatoms. The van der Waals surface area contributed by atoms with Crippen molar-refractivity contribution < 1.29 is 19.1 Å².